The standard InChI is InChI=1S/C31H33ClN6O2/c32-38-15-13-36(14-16-38)19-20-5-8-23(9-6-20)33-31(40)22-7-10-26-27(18-22)35-30(34-26)25-17-21-3-1-11-37-12-2-4-24(28(21)37)29(25)39/h5-10,17-18,39H,1-4,11-16,19H2,(H,33,40)(H,34,35). The molecule has 7 rings (SSSR count). The van der Waals surface area contributed by atoms with Crippen LogP contribution in [0.3, 0.4) is 0 Å². The number of nitrogens with zero attached hydrogens (tertiary/aromatic N) is 4. The van der Waals surface area contributed by atoms with Gasteiger partial charge in [-0.3, -0.25) is 9.69 Å². The molecule has 0 unspecified atom stereocenters. The van der Waals surface area contributed by atoms with E-state index in [0.717, 1.165) is 99.3 Å². The molecule has 3 aromatic carbocycles. The van der Waals surface area contributed by atoms with E-state index in [0.29, 0.717) is 17.1 Å². The summed E-state index contributed by atoms with van der Waals surface area (Å²) >= 11 is 6.06. The van der Waals surface area contributed by atoms with Gasteiger partial charge in [-0.15, -0.1) is 0 Å². The average molecular weight is 557 g/mol. The second-order valence-electron chi connectivity index (χ2n) is 11.1. The summed E-state index contributed by atoms with van der Waals surface area (Å²) in [5.74, 6) is 0.784. The molecular weight excluding hydrogens is 524 g/mol. The van der Waals surface area contributed by atoms with Crippen molar-refractivity contribution in [1.82, 2.24) is 19.3 Å². The molecule has 1 amide bonds. The fourth-order valence-corrected chi connectivity index (χ4v) is 6.49. The zero-order chi connectivity index (χ0) is 27.2. The number of nitrogens with one attached hydrogen (secondary N) is 2. The molecule has 0 aliphatic carbocycles. The second-order valence-corrected chi connectivity index (χ2v) is 11.6. The fraction of sp³-hybridized carbons (Fsp3) is 0.355. The molecule has 9 heteroatoms. The van der Waals surface area contributed by atoms with Crippen molar-refractivity contribution in [2.45, 2.75) is 32.2 Å². The van der Waals surface area contributed by atoms with Crippen LogP contribution in [0.1, 0.15) is 39.9 Å². The van der Waals surface area contributed by atoms with E-state index < -0.39 is 0 Å². The predicted octanol–water partition coefficient (Wildman–Crippen LogP) is 5.16. The van der Waals surface area contributed by atoms with Gasteiger partial charge in [-0.05, 0) is 85.0 Å². The highest BCUT2D eigenvalue weighted by atomic mass is 35.5. The van der Waals surface area contributed by atoms with Crippen molar-refractivity contribution in [3.8, 4) is 17.1 Å². The molecule has 0 spiro atoms. The molecule has 3 N–H and O–H groups in total. The summed E-state index contributed by atoms with van der Waals surface area (Å²) in [5, 5.41) is 14.3. The molecule has 1 fully saturated rings. The highest BCUT2D eigenvalue weighted by Crippen LogP contribution is 2.45. The number of carbonyl (C=O) groups excluding carboxylic acids is 1. The van der Waals surface area contributed by atoms with Gasteiger partial charge in [-0.25, -0.2) is 9.40 Å². The van der Waals surface area contributed by atoms with E-state index in [1.807, 2.05) is 28.7 Å². The Kier molecular flexibility index (Phi) is 6.62. The van der Waals surface area contributed by atoms with Crippen molar-refractivity contribution in [2.75, 3.05) is 49.5 Å². The first kappa shape index (κ1) is 25.4. The van der Waals surface area contributed by atoms with E-state index in [1.165, 1.54) is 16.8 Å². The summed E-state index contributed by atoms with van der Waals surface area (Å²) in [5.41, 5.74) is 8.35. The second kappa shape index (κ2) is 10.4. The molecule has 1 saturated heterocycles. The van der Waals surface area contributed by atoms with Gasteiger partial charge in [0.15, 0.2) is 0 Å². The van der Waals surface area contributed by atoms with Gasteiger partial charge >= 0.3 is 0 Å². The van der Waals surface area contributed by atoms with E-state index in [4.69, 9.17) is 16.8 Å². The monoisotopic (exact) mass is 556 g/mol. The molecule has 4 aromatic rings. The zero-order valence-corrected chi connectivity index (χ0v) is 23.2. The predicted molar refractivity (Wildman–Crippen MR) is 159 cm³/mol. The molecule has 0 atom stereocenters. The Bertz CT molecular complexity index is 1570. The van der Waals surface area contributed by atoms with Crippen LogP contribution in [0.15, 0.2) is 48.5 Å². The molecule has 3 aliphatic heterocycles. The van der Waals surface area contributed by atoms with Crippen LogP contribution in [0.5, 0.6) is 5.75 Å². The number of benzene rings is 3. The van der Waals surface area contributed by atoms with Crippen LogP contribution in [0.4, 0.5) is 11.4 Å². The molecule has 0 saturated carbocycles. The minimum Gasteiger partial charge on any atom is -0.507 e. The Morgan fingerprint density at radius 1 is 0.975 bits per heavy atom. The third-order valence-electron chi connectivity index (χ3n) is 8.43. The van der Waals surface area contributed by atoms with Crippen molar-refractivity contribution >= 4 is 40.1 Å². The Labute approximate surface area is 238 Å². The van der Waals surface area contributed by atoms with E-state index in [9.17, 15) is 9.90 Å². The number of H-pyrrole nitrogens is 1. The number of anilines is 2. The van der Waals surface area contributed by atoms with Gasteiger partial charge in [0.1, 0.15) is 11.6 Å². The van der Waals surface area contributed by atoms with Crippen molar-refractivity contribution in [1.29, 1.82) is 0 Å². The first-order chi connectivity index (χ1) is 19.5. The molecule has 3 aliphatic rings. The van der Waals surface area contributed by atoms with Crippen LogP contribution in [0.25, 0.3) is 22.4 Å². The minimum absolute atomic E-state index is 0.176. The molecule has 40 heavy (non-hydrogen) atoms. The summed E-state index contributed by atoms with van der Waals surface area (Å²) in [6, 6.07) is 15.6. The van der Waals surface area contributed by atoms with E-state index in [-0.39, 0.29) is 5.91 Å². The summed E-state index contributed by atoms with van der Waals surface area (Å²) in [4.78, 5) is 26.0. The number of rotatable bonds is 5. The quantitative estimate of drug-likeness (QED) is 0.294. The Morgan fingerprint density at radius 3 is 2.55 bits per heavy atom. The Morgan fingerprint density at radius 2 is 1.75 bits per heavy atom. The number of imidazole rings is 1. The van der Waals surface area contributed by atoms with Crippen molar-refractivity contribution in [3.63, 3.8) is 0 Å². The number of aryl methyl sites for hydroxylation is 1. The van der Waals surface area contributed by atoms with Crippen molar-refractivity contribution < 1.29 is 9.90 Å². The number of aromatic nitrogens is 2. The van der Waals surface area contributed by atoms with Crippen LogP contribution in [0, 0.1) is 0 Å². The first-order valence-electron chi connectivity index (χ1n) is 14.2. The van der Waals surface area contributed by atoms with Crippen LogP contribution >= 0.6 is 11.8 Å². The van der Waals surface area contributed by atoms with Crippen LogP contribution in [0.2, 0.25) is 0 Å². The average Bonchev–Trinajstić information content (AvgIpc) is 3.40. The number of halogens is 1. The summed E-state index contributed by atoms with van der Waals surface area (Å²) in [6.45, 7) is 6.63. The summed E-state index contributed by atoms with van der Waals surface area (Å²) in [6.07, 6.45) is 4.08. The largest absolute Gasteiger partial charge is 0.507 e. The number of hydrogen-bond acceptors (Lipinski definition) is 6. The zero-order valence-electron chi connectivity index (χ0n) is 22.4. The number of piperazine rings is 1. The number of carbonyl (C=O) groups is 1. The maximum Gasteiger partial charge on any atom is 0.255 e. The van der Waals surface area contributed by atoms with Crippen molar-refractivity contribution in [2.24, 2.45) is 0 Å². The molecular formula is C31H33ClN6O2. The van der Waals surface area contributed by atoms with E-state index >= 15 is 0 Å². The fourth-order valence-electron chi connectivity index (χ4n) is 6.34. The first-order valence-corrected chi connectivity index (χ1v) is 14.5. The topological polar surface area (TPSA) is 87.7 Å². The lowest BCUT2D eigenvalue weighted by Gasteiger charge is -2.37. The molecule has 8 nitrogen and oxygen atoms in total. The minimum atomic E-state index is -0.176. The normalized spacial score (nSPS) is 17.7. The number of fused-ring (bicyclic) bond motifs is 1. The number of amides is 1. The third-order valence-corrected chi connectivity index (χ3v) is 8.77. The van der Waals surface area contributed by atoms with Gasteiger partial charge in [0.2, 0.25) is 0 Å². The van der Waals surface area contributed by atoms with E-state index in [2.05, 4.69) is 38.3 Å². The van der Waals surface area contributed by atoms with Gasteiger partial charge in [-0.2, -0.15) is 0 Å². The van der Waals surface area contributed by atoms with Crippen LogP contribution in [-0.2, 0) is 19.4 Å². The lowest BCUT2D eigenvalue weighted by Crippen LogP contribution is -2.41. The van der Waals surface area contributed by atoms with Gasteiger partial charge in [0.25, 0.3) is 5.91 Å². The summed E-state index contributed by atoms with van der Waals surface area (Å²) in [7, 11) is 0. The number of aromatic amines is 1. The number of phenolic OH excluding ortho intramolecular Hbond substituents is 1. The van der Waals surface area contributed by atoms with Gasteiger partial charge in [0, 0.05) is 68.3 Å². The van der Waals surface area contributed by atoms with Gasteiger partial charge in [0.05, 0.1) is 16.6 Å². The highest BCUT2D eigenvalue weighted by Gasteiger charge is 2.28. The Balaban J connectivity index is 1.08. The molecule has 1 aromatic heterocycles. The third kappa shape index (κ3) is 4.80. The molecule has 206 valence electrons. The smallest absolute Gasteiger partial charge is 0.255 e. The van der Waals surface area contributed by atoms with Crippen LogP contribution < -0.4 is 10.2 Å². The SMILES string of the molecule is O=C(Nc1ccc(CN2CCN(Cl)CC2)cc1)c1ccc2nc(-c3cc4c5c(c3O)CCCN5CCC4)[nH]c2c1. The number of hydrogen-bond donors (Lipinski definition) is 3. The highest BCUT2D eigenvalue weighted by molar-refractivity contribution is 6.13. The van der Waals surface area contributed by atoms with E-state index in [1.54, 1.807) is 6.07 Å². The number of phenols is 1. The van der Waals surface area contributed by atoms with Crippen LogP contribution in [-0.4, -0.2) is 69.6 Å². The summed E-state index contributed by atoms with van der Waals surface area (Å²) < 4.78 is 1.83. The molecule has 0 radical (unpaired) electrons. The van der Waals surface area contributed by atoms with Gasteiger partial charge < -0.3 is 20.3 Å². The molecule has 0 bridgehead atoms. The van der Waals surface area contributed by atoms with Gasteiger partial charge in [-0.1, -0.05) is 12.1 Å². The number of aromatic hydroxyl groups is 1. The molecule has 4 heterocycles. The maximum atomic E-state index is 13.1. The van der Waals surface area contributed by atoms with Crippen molar-refractivity contribution in [3.05, 3.63) is 70.8 Å². The maximum absolute atomic E-state index is 13.1. The lowest BCUT2D eigenvalue weighted by atomic mass is 9.89. The lowest BCUT2D eigenvalue weighted by molar-refractivity contribution is 0.102. The Hall–Kier alpha value is -3.59.